The van der Waals surface area contributed by atoms with Gasteiger partial charge in [-0.3, -0.25) is 14.2 Å². The molecule has 2 aromatic carbocycles. The smallest absolute Gasteiger partial charge is 0.262 e. The fourth-order valence-electron chi connectivity index (χ4n) is 3.33. The van der Waals surface area contributed by atoms with E-state index in [1.807, 2.05) is 37.3 Å². The third-order valence-corrected chi connectivity index (χ3v) is 5.99. The highest BCUT2D eigenvalue weighted by Gasteiger charge is 2.13. The van der Waals surface area contributed by atoms with Crippen LogP contribution in [-0.4, -0.2) is 41.0 Å². The maximum absolute atomic E-state index is 13.0. The van der Waals surface area contributed by atoms with Crippen LogP contribution in [0.25, 0.3) is 10.9 Å². The summed E-state index contributed by atoms with van der Waals surface area (Å²) in [4.78, 5) is 30.0. The van der Waals surface area contributed by atoms with E-state index in [-0.39, 0.29) is 17.2 Å². The van der Waals surface area contributed by atoms with Crippen LogP contribution < -0.4 is 10.9 Å². The predicted molar refractivity (Wildman–Crippen MR) is 126 cm³/mol. The van der Waals surface area contributed by atoms with Gasteiger partial charge in [0, 0.05) is 26.3 Å². The zero-order valence-electron chi connectivity index (χ0n) is 18.1. The first-order valence-electron chi connectivity index (χ1n) is 10.6. The number of aryl methyl sites for hydroxylation is 1. The number of hydrogen-bond acceptors (Lipinski definition) is 5. The normalized spacial score (nSPS) is 11.0. The van der Waals surface area contributed by atoms with Crippen molar-refractivity contribution in [3.05, 3.63) is 70.0 Å². The van der Waals surface area contributed by atoms with Gasteiger partial charge in [0.15, 0.2) is 5.16 Å². The van der Waals surface area contributed by atoms with Crippen molar-refractivity contribution in [2.24, 2.45) is 0 Å². The van der Waals surface area contributed by atoms with Gasteiger partial charge < -0.3 is 10.1 Å². The zero-order valence-corrected chi connectivity index (χ0v) is 18.9. The second-order valence-electron chi connectivity index (χ2n) is 7.23. The predicted octanol–water partition coefficient (Wildman–Crippen LogP) is 3.58. The Hall–Kier alpha value is -2.64. The van der Waals surface area contributed by atoms with Crippen molar-refractivity contribution >= 4 is 28.6 Å². The van der Waals surface area contributed by atoms with Crippen LogP contribution >= 0.6 is 11.8 Å². The number of thioether (sulfide) groups is 1. The number of rotatable bonds is 11. The van der Waals surface area contributed by atoms with Gasteiger partial charge in [0.05, 0.1) is 16.7 Å². The second-order valence-corrected chi connectivity index (χ2v) is 8.18. The number of aromatic nitrogens is 2. The van der Waals surface area contributed by atoms with Crippen LogP contribution in [0, 0.1) is 6.92 Å². The lowest BCUT2D eigenvalue weighted by Crippen LogP contribution is -2.28. The first-order valence-corrected chi connectivity index (χ1v) is 11.6. The molecule has 0 unspecified atom stereocenters. The average molecular weight is 440 g/mol. The summed E-state index contributed by atoms with van der Waals surface area (Å²) in [6.07, 6.45) is 1.50. The van der Waals surface area contributed by atoms with Gasteiger partial charge >= 0.3 is 0 Å². The Morgan fingerprint density at radius 3 is 2.74 bits per heavy atom. The topological polar surface area (TPSA) is 73.2 Å². The van der Waals surface area contributed by atoms with Gasteiger partial charge in [-0.15, -0.1) is 0 Å². The van der Waals surface area contributed by atoms with Crippen molar-refractivity contribution in [2.75, 3.05) is 25.5 Å². The minimum atomic E-state index is -0.0791. The number of fused-ring (bicyclic) bond motifs is 1. The maximum Gasteiger partial charge on any atom is 0.262 e. The number of hydrogen-bond donors (Lipinski definition) is 1. The Morgan fingerprint density at radius 1 is 1.16 bits per heavy atom. The molecule has 3 rings (SSSR count). The molecular formula is C24H29N3O3S. The van der Waals surface area contributed by atoms with Crippen molar-refractivity contribution in [3.8, 4) is 0 Å². The van der Waals surface area contributed by atoms with E-state index in [1.165, 1.54) is 22.9 Å². The fourth-order valence-corrected chi connectivity index (χ4v) is 4.19. The molecule has 0 aliphatic carbocycles. The number of carbonyl (C=O) groups excluding carboxylic acids is 1. The summed E-state index contributed by atoms with van der Waals surface area (Å²) < 4.78 is 7.06. The highest BCUT2D eigenvalue weighted by molar-refractivity contribution is 7.99. The fraction of sp³-hybridized carbons (Fsp3) is 0.375. The molecule has 0 saturated heterocycles. The Kier molecular flexibility index (Phi) is 8.67. The van der Waals surface area contributed by atoms with E-state index >= 15 is 0 Å². The molecule has 0 spiro atoms. The van der Waals surface area contributed by atoms with Gasteiger partial charge in [-0.2, -0.15) is 0 Å². The monoisotopic (exact) mass is 439 g/mol. The van der Waals surface area contributed by atoms with Gasteiger partial charge in [0.2, 0.25) is 5.91 Å². The molecule has 1 aromatic heterocycles. The van der Waals surface area contributed by atoms with Gasteiger partial charge in [-0.25, -0.2) is 4.98 Å². The van der Waals surface area contributed by atoms with E-state index in [0.717, 1.165) is 6.42 Å². The third-order valence-electron chi connectivity index (χ3n) is 5.01. The average Bonchev–Trinajstić information content (AvgIpc) is 2.78. The standard InChI is InChI=1S/C24H29N3O3S/c1-3-30-16-8-15-27-23(29)20-11-6-7-12-21(20)26-24(27)31-17-22(28)25-14-13-19-10-5-4-9-18(19)2/h4-7,9-12H,3,8,13-17H2,1-2H3,(H,25,28). The molecule has 0 atom stereocenters. The van der Waals surface area contributed by atoms with Gasteiger partial charge in [-0.1, -0.05) is 48.2 Å². The van der Waals surface area contributed by atoms with Crippen LogP contribution in [0.5, 0.6) is 0 Å². The number of nitrogens with zero attached hydrogens (tertiary/aromatic N) is 2. The molecule has 6 nitrogen and oxygen atoms in total. The second kappa shape index (κ2) is 11.7. The SMILES string of the molecule is CCOCCCn1c(SCC(=O)NCCc2ccccc2C)nc2ccccc2c1=O. The summed E-state index contributed by atoms with van der Waals surface area (Å²) in [7, 11) is 0. The molecule has 0 saturated carbocycles. The van der Waals surface area contributed by atoms with E-state index in [1.54, 1.807) is 10.6 Å². The van der Waals surface area contributed by atoms with Gasteiger partial charge in [0.25, 0.3) is 5.56 Å². The molecule has 0 aliphatic heterocycles. The van der Waals surface area contributed by atoms with E-state index in [4.69, 9.17) is 4.74 Å². The molecule has 0 radical (unpaired) electrons. The molecule has 0 bridgehead atoms. The molecular weight excluding hydrogens is 410 g/mol. The summed E-state index contributed by atoms with van der Waals surface area (Å²) in [6.45, 7) is 6.34. The largest absolute Gasteiger partial charge is 0.382 e. The van der Waals surface area contributed by atoms with Crippen LogP contribution in [-0.2, 0) is 22.5 Å². The molecule has 1 heterocycles. The summed E-state index contributed by atoms with van der Waals surface area (Å²) in [6, 6.07) is 15.5. The number of carbonyl (C=O) groups is 1. The summed E-state index contributed by atoms with van der Waals surface area (Å²) >= 11 is 1.30. The third kappa shape index (κ3) is 6.42. The number of amides is 1. The molecule has 0 aliphatic rings. The Labute approximate surface area is 187 Å². The first-order chi connectivity index (χ1) is 15.1. The minimum absolute atomic E-state index is 0.0677. The number of para-hydroxylation sites is 1. The minimum Gasteiger partial charge on any atom is -0.382 e. The van der Waals surface area contributed by atoms with Crippen molar-refractivity contribution in [1.29, 1.82) is 0 Å². The van der Waals surface area contributed by atoms with Crippen LogP contribution in [0.15, 0.2) is 58.5 Å². The van der Waals surface area contributed by atoms with Crippen molar-refractivity contribution in [3.63, 3.8) is 0 Å². The van der Waals surface area contributed by atoms with Crippen LogP contribution in [0.3, 0.4) is 0 Å². The van der Waals surface area contributed by atoms with Gasteiger partial charge in [-0.05, 0) is 49.9 Å². The van der Waals surface area contributed by atoms with Crippen molar-refractivity contribution < 1.29 is 9.53 Å². The summed E-state index contributed by atoms with van der Waals surface area (Å²) in [5.41, 5.74) is 3.03. The van der Waals surface area contributed by atoms with Crippen LogP contribution in [0.4, 0.5) is 0 Å². The maximum atomic E-state index is 13.0. The van der Waals surface area contributed by atoms with E-state index in [9.17, 15) is 9.59 Å². The summed E-state index contributed by atoms with van der Waals surface area (Å²) in [5.74, 6) is 0.145. The highest BCUT2D eigenvalue weighted by Crippen LogP contribution is 2.18. The Balaban J connectivity index is 1.64. The Bertz CT molecular complexity index is 1080. The molecule has 7 heteroatoms. The Morgan fingerprint density at radius 2 is 1.94 bits per heavy atom. The molecule has 164 valence electrons. The van der Waals surface area contributed by atoms with Gasteiger partial charge in [0.1, 0.15) is 0 Å². The molecule has 1 N–H and O–H groups in total. The van der Waals surface area contributed by atoms with Crippen LogP contribution in [0.1, 0.15) is 24.5 Å². The molecule has 3 aromatic rings. The van der Waals surface area contributed by atoms with Crippen molar-refractivity contribution in [2.45, 2.75) is 38.4 Å². The lowest BCUT2D eigenvalue weighted by Gasteiger charge is -2.13. The molecule has 1 amide bonds. The number of benzene rings is 2. The zero-order chi connectivity index (χ0) is 22.1. The number of ether oxygens (including phenoxy) is 1. The molecule has 31 heavy (non-hydrogen) atoms. The summed E-state index contributed by atoms with van der Waals surface area (Å²) in [5, 5.41) is 4.12. The lowest BCUT2D eigenvalue weighted by molar-refractivity contribution is -0.118. The van der Waals surface area contributed by atoms with Crippen LogP contribution in [0.2, 0.25) is 0 Å². The quantitative estimate of drug-likeness (QED) is 0.281. The van der Waals surface area contributed by atoms with E-state index in [2.05, 4.69) is 29.4 Å². The lowest BCUT2D eigenvalue weighted by atomic mass is 10.1. The highest BCUT2D eigenvalue weighted by atomic mass is 32.2. The van der Waals surface area contributed by atoms with E-state index < -0.39 is 0 Å². The van der Waals surface area contributed by atoms with Crippen molar-refractivity contribution in [1.82, 2.24) is 14.9 Å². The number of nitrogens with one attached hydrogen (secondary N) is 1. The van der Waals surface area contributed by atoms with E-state index in [0.29, 0.717) is 48.8 Å². The molecule has 0 fully saturated rings. The first kappa shape index (κ1) is 23.0.